The van der Waals surface area contributed by atoms with Crippen LogP contribution in [-0.4, -0.2) is 49.8 Å². The second kappa shape index (κ2) is 9.87. The van der Waals surface area contributed by atoms with Gasteiger partial charge in [0.25, 0.3) is 5.91 Å². The largest absolute Gasteiger partial charge is 0.440 e. The van der Waals surface area contributed by atoms with Crippen LogP contribution in [-0.2, 0) is 19.5 Å². The highest BCUT2D eigenvalue weighted by Crippen LogP contribution is 2.28. The van der Waals surface area contributed by atoms with Crippen LogP contribution in [0.2, 0.25) is 0 Å². The van der Waals surface area contributed by atoms with E-state index in [4.69, 9.17) is 14.5 Å². The number of rotatable bonds is 5. The molecule has 1 atom stereocenters. The molecule has 8 nitrogen and oxygen atoms in total. The molecule has 2 N–H and O–H groups in total. The van der Waals surface area contributed by atoms with Gasteiger partial charge >= 0.3 is 0 Å². The summed E-state index contributed by atoms with van der Waals surface area (Å²) < 4.78 is 24.9. The topological polar surface area (TPSA) is 98.6 Å². The Morgan fingerprint density at radius 3 is 2.66 bits per heavy atom. The first-order valence-electron chi connectivity index (χ1n) is 11.1. The first-order valence-corrected chi connectivity index (χ1v) is 12.2. The lowest BCUT2D eigenvalue weighted by molar-refractivity contribution is 0.0529. The summed E-state index contributed by atoms with van der Waals surface area (Å²) in [5, 5.41) is 2.96. The summed E-state index contributed by atoms with van der Waals surface area (Å²) in [5.74, 6) is 1.07. The van der Waals surface area contributed by atoms with Gasteiger partial charge in [0.15, 0.2) is 0 Å². The SMILES string of the molecule is Cc1cc(NC(=O)c2ccc([S-](=N)=O)cc2N2CCCCC2)nc(N2CCO[C@H](C)C2)c1. The summed E-state index contributed by atoms with van der Waals surface area (Å²) >= 11 is 0. The number of hydrogen-bond donors (Lipinski definition) is 2. The first-order chi connectivity index (χ1) is 15.4. The van der Waals surface area contributed by atoms with Crippen molar-refractivity contribution in [2.45, 2.75) is 44.1 Å². The van der Waals surface area contributed by atoms with E-state index in [1.165, 1.54) is 0 Å². The van der Waals surface area contributed by atoms with Crippen LogP contribution in [0.4, 0.5) is 17.3 Å². The highest BCUT2D eigenvalue weighted by molar-refractivity contribution is 7.73. The first kappa shape index (κ1) is 22.5. The van der Waals surface area contributed by atoms with Crippen LogP contribution in [0.5, 0.6) is 0 Å². The smallest absolute Gasteiger partial charge is 0.258 e. The second-order valence-electron chi connectivity index (χ2n) is 8.46. The number of aryl methyl sites for hydroxylation is 1. The molecule has 32 heavy (non-hydrogen) atoms. The summed E-state index contributed by atoms with van der Waals surface area (Å²) in [5.41, 5.74) is 2.25. The Morgan fingerprint density at radius 1 is 1.16 bits per heavy atom. The number of pyridine rings is 1. The van der Waals surface area contributed by atoms with Gasteiger partial charge in [-0.1, -0.05) is 17.0 Å². The molecule has 0 spiro atoms. The zero-order valence-electron chi connectivity index (χ0n) is 18.6. The van der Waals surface area contributed by atoms with Crippen molar-refractivity contribution in [2.24, 2.45) is 0 Å². The van der Waals surface area contributed by atoms with Gasteiger partial charge in [-0.3, -0.25) is 4.79 Å². The summed E-state index contributed by atoms with van der Waals surface area (Å²) in [6.07, 6.45) is 3.40. The quantitative estimate of drug-likeness (QED) is 0.661. The van der Waals surface area contributed by atoms with Crippen molar-refractivity contribution >= 4 is 33.8 Å². The van der Waals surface area contributed by atoms with E-state index in [-0.39, 0.29) is 12.0 Å². The van der Waals surface area contributed by atoms with Gasteiger partial charge in [-0.2, -0.15) is 10.6 Å². The Bertz CT molecular complexity index is 1060. The fourth-order valence-corrected chi connectivity index (χ4v) is 4.71. The van der Waals surface area contributed by atoms with Crippen LogP contribution >= 0.6 is 0 Å². The highest BCUT2D eigenvalue weighted by atomic mass is 32.2. The maximum atomic E-state index is 13.3. The van der Waals surface area contributed by atoms with Crippen LogP contribution in [0.1, 0.15) is 42.1 Å². The minimum atomic E-state index is -1.85. The molecule has 2 fully saturated rings. The van der Waals surface area contributed by atoms with Crippen molar-refractivity contribution in [1.82, 2.24) is 4.98 Å². The lowest BCUT2D eigenvalue weighted by atomic mass is 10.1. The number of morpholine rings is 1. The lowest BCUT2D eigenvalue weighted by Gasteiger charge is -2.32. The second-order valence-corrected chi connectivity index (χ2v) is 9.47. The molecule has 0 unspecified atom stereocenters. The van der Waals surface area contributed by atoms with Crippen molar-refractivity contribution in [1.29, 1.82) is 4.78 Å². The Balaban J connectivity index is 1.61. The Hall–Kier alpha value is -2.65. The van der Waals surface area contributed by atoms with E-state index in [1.807, 2.05) is 26.0 Å². The lowest BCUT2D eigenvalue weighted by Crippen LogP contribution is -2.41. The van der Waals surface area contributed by atoms with Crippen molar-refractivity contribution in [2.75, 3.05) is 47.9 Å². The molecule has 0 aliphatic carbocycles. The summed E-state index contributed by atoms with van der Waals surface area (Å²) in [6.45, 7) is 7.89. The minimum absolute atomic E-state index is 0.136. The number of hydrogen-bond acceptors (Lipinski definition) is 8. The predicted octanol–water partition coefficient (Wildman–Crippen LogP) is 3.94. The van der Waals surface area contributed by atoms with Gasteiger partial charge in [0.1, 0.15) is 11.6 Å². The fraction of sp³-hybridized carbons (Fsp3) is 0.478. The van der Waals surface area contributed by atoms with E-state index < -0.39 is 10.6 Å². The van der Waals surface area contributed by atoms with Gasteiger partial charge in [0.05, 0.1) is 18.3 Å². The van der Waals surface area contributed by atoms with Crippen LogP contribution in [0.25, 0.3) is 0 Å². The maximum Gasteiger partial charge on any atom is 0.258 e. The molecule has 0 saturated carbocycles. The summed E-state index contributed by atoms with van der Waals surface area (Å²) in [7, 11) is -1.85. The molecule has 2 aliphatic rings. The Morgan fingerprint density at radius 2 is 1.94 bits per heavy atom. The number of ether oxygens (including phenoxy) is 1. The fourth-order valence-electron chi connectivity index (χ4n) is 4.30. The number of nitrogens with one attached hydrogen (secondary N) is 2. The number of carbonyl (C=O) groups excluding carboxylic acids is 1. The molecule has 0 bridgehead atoms. The third kappa shape index (κ3) is 5.21. The van der Waals surface area contributed by atoms with E-state index in [1.54, 1.807) is 18.2 Å². The molecule has 2 aromatic rings. The molecule has 2 aliphatic heterocycles. The number of carbonyl (C=O) groups is 1. The maximum absolute atomic E-state index is 13.3. The van der Waals surface area contributed by atoms with Gasteiger partial charge in [-0.05, 0) is 56.9 Å². The van der Waals surface area contributed by atoms with E-state index >= 15 is 0 Å². The third-order valence-corrected chi connectivity index (χ3v) is 6.57. The van der Waals surface area contributed by atoms with E-state index in [2.05, 4.69) is 15.1 Å². The molecule has 1 aromatic heterocycles. The van der Waals surface area contributed by atoms with E-state index in [0.29, 0.717) is 22.9 Å². The zero-order valence-corrected chi connectivity index (χ0v) is 19.4. The molecular formula is C23H30N5O3S-. The van der Waals surface area contributed by atoms with Gasteiger partial charge in [-0.15, -0.1) is 0 Å². The highest BCUT2D eigenvalue weighted by Gasteiger charge is 2.21. The number of piperidine rings is 1. The number of aromatic nitrogens is 1. The van der Waals surface area contributed by atoms with Gasteiger partial charge < -0.3 is 28.8 Å². The van der Waals surface area contributed by atoms with Crippen LogP contribution in [0.15, 0.2) is 35.2 Å². The van der Waals surface area contributed by atoms with E-state index in [0.717, 1.165) is 62.5 Å². The molecule has 4 rings (SSSR count). The zero-order chi connectivity index (χ0) is 22.7. The molecular weight excluding hydrogens is 426 g/mol. The molecule has 9 heteroatoms. The Kier molecular flexibility index (Phi) is 6.95. The number of benzene rings is 1. The molecule has 3 heterocycles. The Labute approximate surface area is 191 Å². The van der Waals surface area contributed by atoms with Crippen LogP contribution < -0.4 is 15.1 Å². The molecule has 0 radical (unpaired) electrons. The monoisotopic (exact) mass is 456 g/mol. The van der Waals surface area contributed by atoms with Crippen molar-refractivity contribution < 1.29 is 13.7 Å². The van der Waals surface area contributed by atoms with E-state index in [9.17, 15) is 9.00 Å². The molecule has 1 aromatic carbocycles. The summed E-state index contributed by atoms with van der Waals surface area (Å²) in [4.78, 5) is 22.7. The number of amides is 1. The van der Waals surface area contributed by atoms with Gasteiger partial charge in [0, 0.05) is 31.9 Å². The van der Waals surface area contributed by atoms with Gasteiger partial charge in [-0.25, -0.2) is 4.98 Å². The summed E-state index contributed by atoms with van der Waals surface area (Å²) in [6, 6.07) is 8.86. The minimum Gasteiger partial charge on any atom is -0.440 e. The number of nitrogens with zero attached hydrogens (tertiary/aromatic N) is 3. The third-order valence-electron chi connectivity index (χ3n) is 5.89. The van der Waals surface area contributed by atoms with Crippen LogP contribution in [0.3, 0.4) is 0 Å². The van der Waals surface area contributed by atoms with Crippen molar-refractivity contribution in [3.05, 3.63) is 41.5 Å². The number of anilines is 3. The average Bonchev–Trinajstić information content (AvgIpc) is 2.79. The molecule has 2 saturated heterocycles. The van der Waals surface area contributed by atoms with Gasteiger partial charge in [0.2, 0.25) is 0 Å². The van der Waals surface area contributed by atoms with Crippen LogP contribution in [0, 0.1) is 11.7 Å². The average molecular weight is 457 g/mol. The standard InChI is InChI=1S/C23H30N5O3S/c1-16-12-21(25-22(13-16)28-10-11-31-17(2)15-28)26-23(29)19-7-6-18(32(24)30)14-20(19)27-8-4-3-5-9-27/h6-7,12-14,17,24H,3-5,8-11,15H2,1-2H3,(H,25,26,29)/q-1/t17-/m1/s1. The van der Waals surface area contributed by atoms with Crippen molar-refractivity contribution in [3.63, 3.8) is 0 Å². The normalized spacial score (nSPS) is 19.3. The predicted molar refractivity (Wildman–Crippen MR) is 126 cm³/mol. The molecule has 172 valence electrons. The molecule has 1 amide bonds. The van der Waals surface area contributed by atoms with Crippen molar-refractivity contribution in [3.8, 4) is 0 Å².